The number of fused-ring (bicyclic) bond motifs is 2. The summed E-state index contributed by atoms with van der Waals surface area (Å²) < 4.78 is 17.6. The molecule has 3 rings (SSSR count). The fourth-order valence-corrected chi connectivity index (χ4v) is 3.94. The zero-order chi connectivity index (χ0) is 13.3. The lowest BCUT2D eigenvalue weighted by Gasteiger charge is -2.32. The molecule has 0 unspecified atom stereocenters. The molecule has 2 saturated carbocycles. The van der Waals surface area contributed by atoms with E-state index >= 15 is 0 Å². The zero-order valence-electron chi connectivity index (χ0n) is 11.7. The quantitative estimate of drug-likeness (QED) is 0.763. The van der Waals surface area contributed by atoms with Crippen molar-refractivity contribution in [3.8, 4) is 0 Å². The third-order valence-electron chi connectivity index (χ3n) is 4.82. The molecule has 3 heteroatoms. The third-order valence-corrected chi connectivity index (χ3v) is 4.82. The Kier molecular flexibility index (Phi) is 3.61. The summed E-state index contributed by atoms with van der Waals surface area (Å²) in [6.45, 7) is 0.679. The van der Waals surface area contributed by atoms with Gasteiger partial charge in [-0.15, -0.1) is 0 Å². The molecule has 3 nitrogen and oxygen atoms in total. The van der Waals surface area contributed by atoms with Crippen LogP contribution >= 0.6 is 0 Å². The summed E-state index contributed by atoms with van der Waals surface area (Å²) in [7, 11) is 3.52. The van der Waals surface area contributed by atoms with E-state index in [1.54, 1.807) is 14.2 Å². The average Bonchev–Trinajstić information content (AvgIpc) is 2.98. The second-order valence-electron chi connectivity index (χ2n) is 5.58. The van der Waals surface area contributed by atoms with Gasteiger partial charge in [0, 0.05) is 26.1 Å². The largest absolute Gasteiger partial charge is 0.373 e. The average molecular weight is 262 g/mol. The standard InChI is InChI=1S/C16H22O3/c1-17-16(18-2)13-8-9-14(16)15(10-13)19-11-12-6-4-3-5-7-12/h3-7,13-15H,8-11H2,1-2H3/t13-,14+,15+/m0/s1. The lowest BCUT2D eigenvalue weighted by molar-refractivity contribution is -0.241. The molecule has 1 aromatic carbocycles. The molecule has 3 atom stereocenters. The zero-order valence-corrected chi connectivity index (χ0v) is 11.7. The fraction of sp³-hybridized carbons (Fsp3) is 0.625. The van der Waals surface area contributed by atoms with Crippen LogP contribution in [0.15, 0.2) is 30.3 Å². The second kappa shape index (κ2) is 5.23. The van der Waals surface area contributed by atoms with Gasteiger partial charge in [-0.3, -0.25) is 0 Å². The van der Waals surface area contributed by atoms with Gasteiger partial charge in [-0.25, -0.2) is 0 Å². The van der Waals surface area contributed by atoms with Crippen LogP contribution in [0.5, 0.6) is 0 Å². The molecule has 0 N–H and O–H groups in total. The maximum atomic E-state index is 6.12. The Bertz CT molecular complexity index is 413. The molecule has 0 heterocycles. The van der Waals surface area contributed by atoms with Crippen molar-refractivity contribution in [2.24, 2.45) is 11.8 Å². The first-order valence-electron chi connectivity index (χ1n) is 7.06. The van der Waals surface area contributed by atoms with E-state index in [-0.39, 0.29) is 6.10 Å². The molecular weight excluding hydrogens is 240 g/mol. The maximum Gasteiger partial charge on any atom is 0.175 e. The molecule has 0 aliphatic heterocycles. The summed E-state index contributed by atoms with van der Waals surface area (Å²) in [6.07, 6.45) is 3.65. The molecule has 1 aromatic rings. The predicted octanol–water partition coefficient (Wildman–Crippen LogP) is 2.99. The van der Waals surface area contributed by atoms with Crippen LogP contribution < -0.4 is 0 Å². The van der Waals surface area contributed by atoms with Crippen molar-refractivity contribution in [2.75, 3.05) is 14.2 Å². The molecule has 0 aromatic heterocycles. The van der Waals surface area contributed by atoms with E-state index in [9.17, 15) is 0 Å². The summed E-state index contributed by atoms with van der Waals surface area (Å²) in [5.74, 6) is 0.450. The number of benzene rings is 1. The predicted molar refractivity (Wildman–Crippen MR) is 72.6 cm³/mol. The van der Waals surface area contributed by atoms with Gasteiger partial charge in [-0.1, -0.05) is 30.3 Å². The Morgan fingerprint density at radius 3 is 2.47 bits per heavy atom. The number of rotatable bonds is 5. The van der Waals surface area contributed by atoms with E-state index in [4.69, 9.17) is 14.2 Å². The molecule has 0 spiro atoms. The van der Waals surface area contributed by atoms with Crippen LogP contribution in [0, 0.1) is 11.8 Å². The van der Waals surface area contributed by atoms with Gasteiger partial charge in [-0.05, 0) is 24.8 Å². The first-order valence-corrected chi connectivity index (χ1v) is 7.06. The summed E-state index contributed by atoms with van der Waals surface area (Å²) in [4.78, 5) is 0. The van der Waals surface area contributed by atoms with Crippen LogP contribution in [-0.2, 0) is 20.8 Å². The lowest BCUT2D eigenvalue weighted by Crippen LogP contribution is -2.40. The van der Waals surface area contributed by atoms with Crippen LogP contribution in [0.1, 0.15) is 24.8 Å². The topological polar surface area (TPSA) is 27.7 Å². The van der Waals surface area contributed by atoms with E-state index < -0.39 is 5.79 Å². The number of hydrogen-bond donors (Lipinski definition) is 0. The van der Waals surface area contributed by atoms with E-state index in [2.05, 4.69) is 12.1 Å². The van der Waals surface area contributed by atoms with Gasteiger partial charge in [0.05, 0.1) is 12.7 Å². The molecule has 2 bridgehead atoms. The Hall–Kier alpha value is -0.900. The van der Waals surface area contributed by atoms with Crippen LogP contribution in [0.25, 0.3) is 0 Å². The SMILES string of the molecule is COC1(OC)[C@H]2CC[C@@H]1[C@H](OCc1ccccc1)C2. The van der Waals surface area contributed by atoms with Gasteiger partial charge in [0.1, 0.15) is 0 Å². The summed E-state index contributed by atoms with van der Waals surface area (Å²) in [5.41, 5.74) is 1.23. The minimum Gasteiger partial charge on any atom is -0.373 e. The minimum atomic E-state index is -0.401. The molecule has 104 valence electrons. The van der Waals surface area contributed by atoms with Gasteiger partial charge in [-0.2, -0.15) is 0 Å². The van der Waals surface area contributed by atoms with Gasteiger partial charge >= 0.3 is 0 Å². The van der Waals surface area contributed by atoms with E-state index in [1.165, 1.54) is 12.0 Å². The highest BCUT2D eigenvalue weighted by molar-refractivity contribution is 5.14. The minimum absolute atomic E-state index is 0.263. The van der Waals surface area contributed by atoms with Crippen molar-refractivity contribution < 1.29 is 14.2 Å². The smallest absolute Gasteiger partial charge is 0.175 e. The number of ether oxygens (including phenoxy) is 3. The molecule has 2 fully saturated rings. The van der Waals surface area contributed by atoms with Crippen molar-refractivity contribution in [2.45, 2.75) is 37.8 Å². The number of methoxy groups -OCH3 is 2. The van der Waals surface area contributed by atoms with Crippen LogP contribution in [0.3, 0.4) is 0 Å². The molecule has 2 aliphatic rings. The Balaban J connectivity index is 1.65. The van der Waals surface area contributed by atoms with E-state index in [1.807, 2.05) is 18.2 Å². The Morgan fingerprint density at radius 2 is 1.84 bits per heavy atom. The van der Waals surface area contributed by atoms with Gasteiger partial charge in [0.25, 0.3) is 0 Å². The summed E-state index contributed by atoms with van der Waals surface area (Å²) in [6, 6.07) is 10.3. The van der Waals surface area contributed by atoms with Crippen molar-refractivity contribution in [3.63, 3.8) is 0 Å². The van der Waals surface area contributed by atoms with Crippen molar-refractivity contribution in [3.05, 3.63) is 35.9 Å². The van der Waals surface area contributed by atoms with Gasteiger partial charge in [0.15, 0.2) is 5.79 Å². The molecule has 2 aliphatic carbocycles. The third kappa shape index (κ3) is 2.10. The van der Waals surface area contributed by atoms with Gasteiger partial charge < -0.3 is 14.2 Å². The normalized spacial score (nSPS) is 31.8. The van der Waals surface area contributed by atoms with Crippen LogP contribution in [0.4, 0.5) is 0 Å². The monoisotopic (exact) mass is 262 g/mol. The molecular formula is C16H22O3. The highest BCUT2D eigenvalue weighted by Crippen LogP contribution is 2.55. The first-order chi connectivity index (χ1) is 9.30. The van der Waals surface area contributed by atoms with Crippen molar-refractivity contribution >= 4 is 0 Å². The van der Waals surface area contributed by atoms with Gasteiger partial charge in [0.2, 0.25) is 0 Å². The molecule has 0 saturated heterocycles. The fourth-order valence-electron chi connectivity index (χ4n) is 3.94. The molecule has 0 radical (unpaired) electrons. The first kappa shape index (κ1) is 13.1. The lowest BCUT2D eigenvalue weighted by atomic mass is 9.97. The summed E-state index contributed by atoms with van der Waals surface area (Å²) in [5, 5.41) is 0. The van der Waals surface area contributed by atoms with E-state index in [0.29, 0.717) is 18.4 Å². The second-order valence-corrected chi connectivity index (χ2v) is 5.58. The van der Waals surface area contributed by atoms with Crippen molar-refractivity contribution in [1.29, 1.82) is 0 Å². The highest BCUT2D eigenvalue weighted by Gasteiger charge is 2.60. The van der Waals surface area contributed by atoms with Crippen LogP contribution in [-0.4, -0.2) is 26.1 Å². The maximum absolute atomic E-state index is 6.12. The summed E-state index contributed by atoms with van der Waals surface area (Å²) >= 11 is 0. The highest BCUT2D eigenvalue weighted by atomic mass is 16.7. The number of hydrogen-bond acceptors (Lipinski definition) is 3. The molecule has 19 heavy (non-hydrogen) atoms. The Labute approximate surface area is 114 Å². The molecule has 0 amide bonds. The van der Waals surface area contributed by atoms with Crippen molar-refractivity contribution in [1.82, 2.24) is 0 Å². The Morgan fingerprint density at radius 1 is 1.11 bits per heavy atom. The van der Waals surface area contributed by atoms with Crippen LogP contribution in [0.2, 0.25) is 0 Å². The van der Waals surface area contributed by atoms with E-state index in [0.717, 1.165) is 12.8 Å².